The van der Waals surface area contributed by atoms with Gasteiger partial charge in [-0.1, -0.05) is 29.8 Å². The molecule has 0 fully saturated rings. The third kappa shape index (κ3) is 5.47. The minimum atomic E-state index is 0.114. The topological polar surface area (TPSA) is 53.5 Å². The van der Waals surface area contributed by atoms with Crippen molar-refractivity contribution in [3.63, 3.8) is 0 Å². The van der Waals surface area contributed by atoms with Crippen molar-refractivity contribution >= 4 is 35.0 Å². The summed E-state index contributed by atoms with van der Waals surface area (Å²) in [5.74, 6) is 0.550. The van der Waals surface area contributed by atoms with E-state index in [1.54, 1.807) is 24.4 Å². The fraction of sp³-hybridized carbons (Fsp3) is 0.118. The van der Waals surface area contributed by atoms with Gasteiger partial charge in [-0.15, -0.1) is 0 Å². The molecule has 0 bridgehead atoms. The summed E-state index contributed by atoms with van der Waals surface area (Å²) in [6, 6.07) is 12.6. The molecule has 23 heavy (non-hydrogen) atoms. The van der Waals surface area contributed by atoms with Gasteiger partial charge in [-0.25, -0.2) is 0 Å². The molecule has 2 aromatic rings. The van der Waals surface area contributed by atoms with E-state index < -0.39 is 0 Å². The van der Waals surface area contributed by atoms with Crippen LogP contribution in [0.2, 0.25) is 5.02 Å². The van der Waals surface area contributed by atoms with Crippen LogP contribution in [0.25, 0.3) is 6.08 Å². The van der Waals surface area contributed by atoms with Gasteiger partial charge in [0.15, 0.2) is 16.6 Å². The largest absolute Gasteiger partial charge is 0.504 e. The molecule has 0 saturated heterocycles. The number of phenols is 1. The number of hydrogen-bond donors (Lipinski definition) is 3. The summed E-state index contributed by atoms with van der Waals surface area (Å²) in [4.78, 5) is 0. The molecule has 0 saturated carbocycles. The molecule has 0 unspecified atom stereocenters. The summed E-state index contributed by atoms with van der Waals surface area (Å²) >= 11 is 11.0. The molecule has 0 aromatic heterocycles. The zero-order chi connectivity index (χ0) is 16.7. The highest BCUT2D eigenvalue weighted by Gasteiger charge is 2.02. The Labute approximate surface area is 145 Å². The molecule has 0 aliphatic heterocycles. The molecule has 4 nitrogen and oxygen atoms in total. The predicted molar refractivity (Wildman–Crippen MR) is 97.7 cm³/mol. The summed E-state index contributed by atoms with van der Waals surface area (Å²) < 4.78 is 5.07. The van der Waals surface area contributed by atoms with Crippen LogP contribution in [-0.4, -0.2) is 17.3 Å². The van der Waals surface area contributed by atoms with E-state index in [0.29, 0.717) is 22.4 Å². The molecule has 0 spiro atoms. The number of phenolic OH excluding ortho intramolecular Hbond substituents is 1. The fourth-order valence-corrected chi connectivity index (χ4v) is 2.12. The average Bonchev–Trinajstić information content (AvgIpc) is 2.56. The highest BCUT2D eigenvalue weighted by molar-refractivity contribution is 7.80. The average molecular weight is 349 g/mol. The van der Waals surface area contributed by atoms with E-state index in [-0.39, 0.29) is 5.75 Å². The maximum atomic E-state index is 9.55. The minimum absolute atomic E-state index is 0.114. The molecule has 120 valence electrons. The van der Waals surface area contributed by atoms with Crippen LogP contribution in [-0.2, 0) is 6.54 Å². The molecule has 0 aliphatic rings. The van der Waals surface area contributed by atoms with E-state index in [2.05, 4.69) is 10.6 Å². The molecular formula is C17H17ClN2O2S. The lowest BCUT2D eigenvalue weighted by molar-refractivity contribution is 0.373. The van der Waals surface area contributed by atoms with Crippen LogP contribution >= 0.6 is 23.8 Å². The van der Waals surface area contributed by atoms with Crippen LogP contribution in [0.3, 0.4) is 0 Å². The number of halogens is 1. The van der Waals surface area contributed by atoms with Crippen LogP contribution in [0.15, 0.2) is 48.7 Å². The van der Waals surface area contributed by atoms with E-state index in [1.807, 2.05) is 30.3 Å². The highest BCUT2D eigenvalue weighted by Crippen LogP contribution is 2.26. The third-order valence-electron chi connectivity index (χ3n) is 3.06. The van der Waals surface area contributed by atoms with Crippen molar-refractivity contribution in [2.24, 2.45) is 0 Å². The maximum Gasteiger partial charge on any atom is 0.170 e. The van der Waals surface area contributed by atoms with Gasteiger partial charge in [-0.2, -0.15) is 0 Å². The molecule has 2 aromatic carbocycles. The minimum Gasteiger partial charge on any atom is -0.504 e. The Morgan fingerprint density at radius 3 is 2.70 bits per heavy atom. The summed E-state index contributed by atoms with van der Waals surface area (Å²) in [5.41, 5.74) is 1.97. The first kappa shape index (κ1) is 17.1. The monoisotopic (exact) mass is 348 g/mol. The molecule has 2 rings (SSSR count). The number of thiocarbonyl (C=S) groups is 1. The van der Waals surface area contributed by atoms with Crippen molar-refractivity contribution in [3.05, 3.63) is 64.8 Å². The number of methoxy groups -OCH3 is 1. The first-order chi connectivity index (χ1) is 11.1. The van der Waals surface area contributed by atoms with Crippen molar-refractivity contribution in [1.29, 1.82) is 0 Å². The van der Waals surface area contributed by atoms with Gasteiger partial charge in [0.1, 0.15) is 0 Å². The second kappa shape index (κ2) is 8.41. The van der Waals surface area contributed by atoms with E-state index in [1.165, 1.54) is 7.11 Å². The summed E-state index contributed by atoms with van der Waals surface area (Å²) in [6.07, 6.45) is 3.66. The van der Waals surface area contributed by atoms with Crippen LogP contribution < -0.4 is 15.4 Å². The first-order valence-corrected chi connectivity index (χ1v) is 7.69. The zero-order valence-electron chi connectivity index (χ0n) is 12.5. The Hall–Kier alpha value is -2.24. The van der Waals surface area contributed by atoms with Crippen LogP contribution in [0, 0.1) is 0 Å². The smallest absolute Gasteiger partial charge is 0.170 e. The van der Waals surface area contributed by atoms with Crippen molar-refractivity contribution in [2.45, 2.75) is 6.54 Å². The molecule has 0 radical (unpaired) electrons. The zero-order valence-corrected chi connectivity index (χ0v) is 14.1. The van der Waals surface area contributed by atoms with Crippen molar-refractivity contribution in [2.75, 3.05) is 7.11 Å². The molecule has 3 N–H and O–H groups in total. The molecular weight excluding hydrogens is 332 g/mol. The van der Waals surface area contributed by atoms with E-state index in [4.69, 9.17) is 28.6 Å². The second-order valence-corrected chi connectivity index (χ2v) is 5.56. The van der Waals surface area contributed by atoms with Gasteiger partial charge < -0.3 is 20.5 Å². The second-order valence-electron chi connectivity index (χ2n) is 4.72. The Bertz CT molecular complexity index is 702. The number of nitrogens with one attached hydrogen (secondary N) is 2. The van der Waals surface area contributed by atoms with Crippen LogP contribution in [0.4, 0.5) is 0 Å². The molecule has 6 heteroatoms. The SMILES string of the molecule is COc1cc(CNC(=S)N/C=C\c2ccc(Cl)cc2)ccc1O. The van der Waals surface area contributed by atoms with E-state index in [9.17, 15) is 5.11 Å². The lowest BCUT2D eigenvalue weighted by Crippen LogP contribution is -2.31. The third-order valence-corrected chi connectivity index (χ3v) is 3.57. The standard InChI is InChI=1S/C17H17ClN2O2S/c1-22-16-10-13(4-7-15(16)21)11-20-17(23)19-9-8-12-2-5-14(18)6-3-12/h2-10,21H,11H2,1H3,(H2,19,20,23)/b9-8-. The van der Waals surface area contributed by atoms with E-state index >= 15 is 0 Å². The highest BCUT2D eigenvalue weighted by atomic mass is 35.5. The lowest BCUT2D eigenvalue weighted by atomic mass is 10.2. The van der Waals surface area contributed by atoms with Crippen molar-refractivity contribution < 1.29 is 9.84 Å². The first-order valence-electron chi connectivity index (χ1n) is 6.91. The van der Waals surface area contributed by atoms with E-state index in [0.717, 1.165) is 11.1 Å². The number of hydrogen-bond acceptors (Lipinski definition) is 3. The van der Waals surface area contributed by atoms with Gasteiger partial charge >= 0.3 is 0 Å². The number of benzene rings is 2. The Balaban J connectivity index is 1.82. The normalized spacial score (nSPS) is 10.5. The fourth-order valence-electron chi connectivity index (χ4n) is 1.85. The predicted octanol–water partition coefficient (Wildman–Crippen LogP) is 3.69. The molecule has 0 aliphatic carbocycles. The Morgan fingerprint density at radius 2 is 2.00 bits per heavy atom. The van der Waals surface area contributed by atoms with Crippen LogP contribution in [0.1, 0.15) is 11.1 Å². The van der Waals surface area contributed by atoms with Crippen LogP contribution in [0.5, 0.6) is 11.5 Å². The lowest BCUT2D eigenvalue weighted by Gasteiger charge is -2.09. The van der Waals surface area contributed by atoms with Gasteiger partial charge in [0.05, 0.1) is 7.11 Å². The number of ether oxygens (including phenoxy) is 1. The molecule has 0 atom stereocenters. The Kier molecular flexibility index (Phi) is 6.26. The number of rotatable bonds is 5. The summed E-state index contributed by atoms with van der Waals surface area (Å²) in [5, 5.41) is 16.8. The quantitative estimate of drug-likeness (QED) is 0.719. The summed E-state index contributed by atoms with van der Waals surface area (Å²) in [6.45, 7) is 0.525. The van der Waals surface area contributed by atoms with Gasteiger partial charge in [-0.3, -0.25) is 0 Å². The molecule has 0 heterocycles. The molecule has 0 amide bonds. The summed E-state index contributed by atoms with van der Waals surface area (Å²) in [7, 11) is 1.51. The Morgan fingerprint density at radius 1 is 1.26 bits per heavy atom. The van der Waals surface area contributed by atoms with Gasteiger partial charge in [0, 0.05) is 17.8 Å². The maximum absolute atomic E-state index is 9.55. The number of aromatic hydroxyl groups is 1. The van der Waals surface area contributed by atoms with Gasteiger partial charge in [0.25, 0.3) is 0 Å². The van der Waals surface area contributed by atoms with Crippen molar-refractivity contribution in [1.82, 2.24) is 10.6 Å². The van der Waals surface area contributed by atoms with Crippen molar-refractivity contribution in [3.8, 4) is 11.5 Å². The van der Waals surface area contributed by atoms with Gasteiger partial charge in [0.2, 0.25) is 0 Å². The van der Waals surface area contributed by atoms with Gasteiger partial charge in [-0.05, 0) is 53.7 Å².